The van der Waals surface area contributed by atoms with Crippen molar-refractivity contribution < 1.29 is 4.79 Å². The number of benzene rings is 1. The molecule has 2 saturated heterocycles. The summed E-state index contributed by atoms with van der Waals surface area (Å²) in [5.74, 6) is 1.22. The van der Waals surface area contributed by atoms with Crippen LogP contribution in [0.1, 0.15) is 53.8 Å². The molecule has 1 amide bonds. The molecule has 4 heterocycles. The van der Waals surface area contributed by atoms with Gasteiger partial charge in [0.1, 0.15) is 5.69 Å². The van der Waals surface area contributed by atoms with Crippen molar-refractivity contribution in [2.75, 3.05) is 31.1 Å². The maximum Gasteiger partial charge on any atom is 0.272 e. The average Bonchev–Trinajstić information content (AvgIpc) is 2.84. The number of amides is 1. The SMILES string of the molecule is Cc1cc(C(=O)N2CCC[C@H](Cc3ccc4ncccc4c3)C2)nc(N2CCCCC2)n1. The van der Waals surface area contributed by atoms with E-state index < -0.39 is 0 Å². The van der Waals surface area contributed by atoms with Gasteiger partial charge >= 0.3 is 0 Å². The van der Waals surface area contributed by atoms with Crippen LogP contribution in [0.5, 0.6) is 0 Å². The highest BCUT2D eigenvalue weighted by Gasteiger charge is 2.26. The zero-order valence-corrected chi connectivity index (χ0v) is 18.8. The van der Waals surface area contributed by atoms with Gasteiger partial charge in [-0.2, -0.15) is 0 Å². The minimum absolute atomic E-state index is 0.0428. The van der Waals surface area contributed by atoms with E-state index in [1.165, 1.54) is 30.2 Å². The number of nitrogens with zero attached hydrogens (tertiary/aromatic N) is 5. The first kappa shape index (κ1) is 20.9. The second-order valence-corrected chi connectivity index (χ2v) is 9.24. The highest BCUT2D eigenvalue weighted by Crippen LogP contribution is 2.24. The first-order valence-electron chi connectivity index (χ1n) is 11.9. The van der Waals surface area contributed by atoms with E-state index in [0.717, 1.165) is 56.7 Å². The molecule has 166 valence electrons. The van der Waals surface area contributed by atoms with Gasteiger partial charge in [-0.25, -0.2) is 9.97 Å². The number of aryl methyl sites for hydroxylation is 1. The zero-order chi connectivity index (χ0) is 21.9. The standard InChI is InChI=1S/C26H31N5O/c1-19-15-24(29-26(28-19)30-12-3-2-4-13-30)25(32)31-14-6-7-21(18-31)16-20-9-10-23-22(17-20)8-5-11-27-23/h5,8-11,15,17,21H,2-4,6-7,12-14,16,18H2,1H3/t21-/m1/s1. The number of likely N-dealkylation sites (tertiary alicyclic amines) is 1. The molecule has 6 heteroatoms. The fourth-order valence-electron chi connectivity index (χ4n) is 5.06. The summed E-state index contributed by atoms with van der Waals surface area (Å²) in [6, 6.07) is 12.4. The zero-order valence-electron chi connectivity index (χ0n) is 18.8. The molecular formula is C26H31N5O. The highest BCUT2D eigenvalue weighted by atomic mass is 16.2. The minimum atomic E-state index is 0.0428. The fraction of sp³-hybridized carbons (Fsp3) is 0.462. The Labute approximate surface area is 189 Å². The molecule has 0 unspecified atom stereocenters. The van der Waals surface area contributed by atoms with Crippen LogP contribution in [0.4, 0.5) is 5.95 Å². The molecule has 0 saturated carbocycles. The molecule has 0 radical (unpaired) electrons. The smallest absolute Gasteiger partial charge is 0.272 e. The van der Waals surface area contributed by atoms with Gasteiger partial charge in [-0.1, -0.05) is 12.1 Å². The van der Waals surface area contributed by atoms with Crippen molar-refractivity contribution in [3.8, 4) is 0 Å². The van der Waals surface area contributed by atoms with E-state index in [-0.39, 0.29) is 5.91 Å². The molecule has 6 nitrogen and oxygen atoms in total. The van der Waals surface area contributed by atoms with Crippen molar-refractivity contribution in [2.24, 2.45) is 5.92 Å². The Bertz CT molecular complexity index is 1110. The molecule has 0 spiro atoms. The number of carbonyl (C=O) groups is 1. The third-order valence-corrected chi connectivity index (χ3v) is 6.70. The van der Waals surface area contributed by atoms with Gasteiger partial charge in [0, 0.05) is 43.5 Å². The van der Waals surface area contributed by atoms with Gasteiger partial charge in [-0.05, 0) is 81.2 Å². The van der Waals surface area contributed by atoms with E-state index in [4.69, 9.17) is 4.98 Å². The number of hydrogen-bond donors (Lipinski definition) is 0. The van der Waals surface area contributed by atoms with Crippen LogP contribution in [0.25, 0.3) is 10.9 Å². The lowest BCUT2D eigenvalue weighted by atomic mass is 9.90. The number of piperidine rings is 2. The van der Waals surface area contributed by atoms with Crippen LogP contribution in [0.15, 0.2) is 42.6 Å². The molecule has 0 bridgehead atoms. The third kappa shape index (κ3) is 4.59. The van der Waals surface area contributed by atoms with Gasteiger partial charge < -0.3 is 9.80 Å². The van der Waals surface area contributed by atoms with Crippen LogP contribution in [0.3, 0.4) is 0 Å². The van der Waals surface area contributed by atoms with Gasteiger partial charge in [0.2, 0.25) is 5.95 Å². The van der Waals surface area contributed by atoms with E-state index >= 15 is 0 Å². The normalized spacial score (nSPS) is 19.3. The van der Waals surface area contributed by atoms with E-state index in [1.54, 1.807) is 0 Å². The Morgan fingerprint density at radius 1 is 1.03 bits per heavy atom. The van der Waals surface area contributed by atoms with Crippen molar-refractivity contribution in [1.29, 1.82) is 0 Å². The third-order valence-electron chi connectivity index (χ3n) is 6.70. The number of carbonyl (C=O) groups excluding carboxylic acids is 1. The largest absolute Gasteiger partial charge is 0.341 e. The number of fused-ring (bicyclic) bond motifs is 1. The lowest BCUT2D eigenvalue weighted by molar-refractivity contribution is 0.0667. The second kappa shape index (κ2) is 9.23. The summed E-state index contributed by atoms with van der Waals surface area (Å²) in [4.78, 5) is 31.3. The van der Waals surface area contributed by atoms with Crippen molar-refractivity contribution in [3.63, 3.8) is 0 Å². The van der Waals surface area contributed by atoms with Gasteiger partial charge in [0.05, 0.1) is 5.52 Å². The predicted octanol–water partition coefficient (Wildman–Crippen LogP) is 4.42. The summed E-state index contributed by atoms with van der Waals surface area (Å²) in [5, 5.41) is 1.18. The molecular weight excluding hydrogens is 398 g/mol. The Hall–Kier alpha value is -3.02. The molecule has 2 fully saturated rings. The molecule has 3 aromatic rings. The summed E-state index contributed by atoms with van der Waals surface area (Å²) in [7, 11) is 0. The molecule has 32 heavy (non-hydrogen) atoms. The molecule has 2 aliphatic heterocycles. The Balaban J connectivity index is 1.29. The molecule has 0 aliphatic carbocycles. The van der Waals surface area contributed by atoms with Crippen LogP contribution < -0.4 is 4.90 Å². The number of pyridine rings is 1. The number of aromatic nitrogens is 3. The topological polar surface area (TPSA) is 62.2 Å². The van der Waals surface area contributed by atoms with Crippen LogP contribution in [-0.4, -0.2) is 51.9 Å². The first-order chi connectivity index (χ1) is 15.7. The van der Waals surface area contributed by atoms with Gasteiger partial charge in [-0.3, -0.25) is 9.78 Å². The van der Waals surface area contributed by atoms with Gasteiger partial charge in [0.25, 0.3) is 5.91 Å². The van der Waals surface area contributed by atoms with Crippen molar-refractivity contribution in [1.82, 2.24) is 19.9 Å². The predicted molar refractivity (Wildman–Crippen MR) is 127 cm³/mol. The molecule has 2 aromatic heterocycles. The molecule has 1 aromatic carbocycles. The lowest BCUT2D eigenvalue weighted by Gasteiger charge is -2.33. The number of anilines is 1. The van der Waals surface area contributed by atoms with Crippen molar-refractivity contribution in [3.05, 3.63) is 59.5 Å². The Morgan fingerprint density at radius 3 is 2.78 bits per heavy atom. The maximum atomic E-state index is 13.4. The lowest BCUT2D eigenvalue weighted by Crippen LogP contribution is -2.41. The quantitative estimate of drug-likeness (QED) is 0.614. The van der Waals surface area contributed by atoms with E-state index in [9.17, 15) is 4.79 Å². The second-order valence-electron chi connectivity index (χ2n) is 9.24. The number of rotatable bonds is 4. The van der Waals surface area contributed by atoms with Gasteiger partial charge in [0.15, 0.2) is 0 Å². The molecule has 5 rings (SSSR count). The van der Waals surface area contributed by atoms with Crippen LogP contribution in [0.2, 0.25) is 0 Å². The first-order valence-corrected chi connectivity index (χ1v) is 11.9. The Kier molecular flexibility index (Phi) is 6.02. The summed E-state index contributed by atoms with van der Waals surface area (Å²) in [6.45, 7) is 5.50. The summed E-state index contributed by atoms with van der Waals surface area (Å²) in [5.41, 5.74) is 3.74. The van der Waals surface area contributed by atoms with E-state index in [2.05, 4.69) is 39.1 Å². The van der Waals surface area contributed by atoms with Crippen LogP contribution in [0, 0.1) is 12.8 Å². The van der Waals surface area contributed by atoms with Gasteiger partial charge in [-0.15, -0.1) is 0 Å². The van der Waals surface area contributed by atoms with Crippen molar-refractivity contribution in [2.45, 2.75) is 45.4 Å². The summed E-state index contributed by atoms with van der Waals surface area (Å²) in [6.07, 6.45) is 8.59. The fourth-order valence-corrected chi connectivity index (χ4v) is 5.06. The summed E-state index contributed by atoms with van der Waals surface area (Å²) >= 11 is 0. The van der Waals surface area contributed by atoms with Crippen LogP contribution >= 0.6 is 0 Å². The van der Waals surface area contributed by atoms with E-state index in [1.807, 2.05) is 30.2 Å². The van der Waals surface area contributed by atoms with Crippen LogP contribution in [-0.2, 0) is 6.42 Å². The minimum Gasteiger partial charge on any atom is -0.341 e. The van der Waals surface area contributed by atoms with Crippen molar-refractivity contribution >= 4 is 22.8 Å². The molecule has 1 atom stereocenters. The average molecular weight is 430 g/mol. The summed E-state index contributed by atoms with van der Waals surface area (Å²) < 4.78 is 0. The number of hydrogen-bond acceptors (Lipinski definition) is 5. The maximum absolute atomic E-state index is 13.4. The Morgan fingerprint density at radius 2 is 1.91 bits per heavy atom. The monoisotopic (exact) mass is 429 g/mol. The molecule has 2 aliphatic rings. The van der Waals surface area contributed by atoms with E-state index in [0.29, 0.717) is 17.6 Å². The highest BCUT2D eigenvalue weighted by molar-refractivity contribution is 5.92. The molecule has 0 N–H and O–H groups in total.